The fourth-order valence-electron chi connectivity index (χ4n) is 3.21. The first-order valence-corrected chi connectivity index (χ1v) is 9.07. The van der Waals surface area contributed by atoms with E-state index in [9.17, 15) is 0 Å². The largest absolute Gasteiger partial charge is 0.360 e. The van der Waals surface area contributed by atoms with Gasteiger partial charge < -0.3 is 9.41 Å². The van der Waals surface area contributed by atoms with Crippen LogP contribution < -0.4 is 0 Å². The van der Waals surface area contributed by atoms with Gasteiger partial charge in [-0.2, -0.15) is 0 Å². The molecule has 4 rings (SSSR count). The summed E-state index contributed by atoms with van der Waals surface area (Å²) in [6, 6.07) is 9.70. The molecule has 0 bridgehead atoms. The van der Waals surface area contributed by atoms with E-state index in [1.807, 2.05) is 43.6 Å². The number of pyridine rings is 1. The lowest BCUT2D eigenvalue weighted by atomic mass is 9.96. The highest BCUT2D eigenvalue weighted by molar-refractivity contribution is 5.75. The second kappa shape index (κ2) is 6.57. The summed E-state index contributed by atoms with van der Waals surface area (Å²) in [7, 11) is 0. The van der Waals surface area contributed by atoms with Crippen molar-refractivity contribution < 1.29 is 0 Å². The van der Waals surface area contributed by atoms with Gasteiger partial charge in [0.15, 0.2) is 0 Å². The van der Waals surface area contributed by atoms with E-state index in [1.165, 1.54) is 6.20 Å². The van der Waals surface area contributed by atoms with Gasteiger partial charge in [-0.05, 0) is 30.5 Å². The summed E-state index contributed by atoms with van der Waals surface area (Å²) in [6.45, 7) is 16.6. The molecule has 0 radical (unpaired) electrons. The summed E-state index contributed by atoms with van der Waals surface area (Å²) in [5, 5.41) is 4.70. The molecule has 4 aromatic heterocycles. The van der Waals surface area contributed by atoms with Gasteiger partial charge in [-0.3, -0.25) is 4.98 Å². The molecule has 0 aromatic carbocycles. The highest BCUT2D eigenvalue weighted by atomic mass is 15.3. The number of nitrogens with zero attached hydrogens (tertiary/aromatic N) is 7. The molecule has 0 amide bonds. The predicted octanol–water partition coefficient (Wildman–Crippen LogP) is 4.56. The lowest BCUT2D eigenvalue weighted by Gasteiger charge is -2.20. The van der Waals surface area contributed by atoms with E-state index in [0.29, 0.717) is 11.5 Å². The molecule has 0 fully saturated rings. The molecule has 4 aromatic rings. The van der Waals surface area contributed by atoms with Crippen molar-refractivity contribution in [2.45, 2.75) is 34.2 Å². The van der Waals surface area contributed by atoms with Crippen LogP contribution >= 0.6 is 0 Å². The van der Waals surface area contributed by atoms with E-state index in [2.05, 4.69) is 45.1 Å². The molecule has 0 spiro atoms. The Morgan fingerprint density at radius 1 is 1.07 bits per heavy atom. The maximum absolute atomic E-state index is 7.34. The molecule has 0 N–H and O–H groups in total. The van der Waals surface area contributed by atoms with Crippen molar-refractivity contribution in [3.63, 3.8) is 0 Å². The average molecular weight is 371 g/mol. The third kappa shape index (κ3) is 3.25. The van der Waals surface area contributed by atoms with Crippen molar-refractivity contribution >= 4 is 11.5 Å². The van der Waals surface area contributed by atoms with Crippen LogP contribution in [0.3, 0.4) is 0 Å². The molecule has 0 aliphatic heterocycles. The van der Waals surface area contributed by atoms with Gasteiger partial charge in [-0.15, -0.1) is 4.52 Å². The number of fused-ring (bicyclic) bond motifs is 1. The van der Waals surface area contributed by atoms with Crippen LogP contribution in [0.5, 0.6) is 0 Å². The third-order valence-corrected chi connectivity index (χ3v) is 4.31. The summed E-state index contributed by atoms with van der Waals surface area (Å²) in [5.41, 5.74) is 4.85. The van der Waals surface area contributed by atoms with E-state index in [1.54, 1.807) is 4.52 Å². The number of hydrogen-bond acceptors (Lipinski definition) is 4. The Hall–Kier alpha value is -3.53. The van der Waals surface area contributed by atoms with Gasteiger partial charge in [-0.1, -0.05) is 38.5 Å². The highest BCUT2D eigenvalue weighted by Crippen LogP contribution is 2.32. The molecule has 28 heavy (non-hydrogen) atoms. The normalized spacial score (nSPS) is 11.7. The molecule has 4 heterocycles. The van der Waals surface area contributed by atoms with E-state index < -0.39 is 0 Å². The number of hydrogen-bond donors (Lipinski definition) is 0. The fraction of sp³-hybridized carbons (Fsp3) is 0.286. The average Bonchev–Trinajstić information content (AvgIpc) is 3.23. The topological polar surface area (TPSA) is 65.3 Å². The maximum Gasteiger partial charge on any atom is 0.275 e. The zero-order chi connectivity index (χ0) is 19.9. The molecule has 0 saturated carbocycles. The molecule has 0 unspecified atom stereocenters. The van der Waals surface area contributed by atoms with Crippen LogP contribution in [0, 0.1) is 18.9 Å². The second-order valence-corrected chi connectivity index (χ2v) is 8.01. The molecule has 0 aliphatic rings. The van der Waals surface area contributed by atoms with Crippen LogP contribution in [0.15, 0.2) is 42.9 Å². The van der Waals surface area contributed by atoms with Gasteiger partial charge in [0.2, 0.25) is 5.65 Å². The molecular weight excluding hydrogens is 350 g/mol. The minimum atomic E-state index is 0.0630. The van der Waals surface area contributed by atoms with Gasteiger partial charge in [-0.25, -0.2) is 9.97 Å². The lowest BCUT2D eigenvalue weighted by molar-refractivity contribution is 0.345. The minimum Gasteiger partial charge on any atom is -0.360 e. The van der Waals surface area contributed by atoms with Crippen molar-refractivity contribution in [2.24, 2.45) is 5.41 Å². The van der Waals surface area contributed by atoms with E-state index in [-0.39, 0.29) is 5.41 Å². The molecule has 0 atom stereocenters. The van der Waals surface area contributed by atoms with E-state index >= 15 is 0 Å². The number of imidazole rings is 2. The second-order valence-electron chi connectivity index (χ2n) is 8.01. The Morgan fingerprint density at radius 3 is 2.61 bits per heavy atom. The van der Waals surface area contributed by atoms with Crippen molar-refractivity contribution in [1.82, 2.24) is 29.1 Å². The first-order valence-electron chi connectivity index (χ1n) is 9.07. The Labute approximate surface area is 163 Å². The number of aromatic nitrogens is 6. The zero-order valence-electron chi connectivity index (χ0n) is 16.4. The summed E-state index contributed by atoms with van der Waals surface area (Å²) in [6.07, 6.45) is 3.38. The molecule has 0 saturated heterocycles. The van der Waals surface area contributed by atoms with Gasteiger partial charge in [0.05, 0.1) is 18.2 Å². The first-order chi connectivity index (χ1) is 13.4. The number of rotatable bonds is 3. The van der Waals surface area contributed by atoms with Crippen LogP contribution in [0.25, 0.3) is 33.3 Å². The molecule has 7 heteroatoms. The third-order valence-electron chi connectivity index (χ3n) is 4.31. The van der Waals surface area contributed by atoms with Gasteiger partial charge in [0.1, 0.15) is 17.1 Å². The van der Waals surface area contributed by atoms with Crippen molar-refractivity contribution in [3.05, 3.63) is 60.0 Å². The molecule has 0 aliphatic carbocycles. The Balaban J connectivity index is 1.95. The SMILES string of the molecule is [C-]#[N+]c1cnc2ccc(-c3c(-c4cccc(C)n4)ncn3CC(C)(C)C)nn12. The molecule has 140 valence electrons. The van der Waals surface area contributed by atoms with Gasteiger partial charge in [0, 0.05) is 18.3 Å². The van der Waals surface area contributed by atoms with Gasteiger partial charge in [0.25, 0.3) is 5.82 Å². The Morgan fingerprint density at radius 2 is 1.89 bits per heavy atom. The van der Waals surface area contributed by atoms with Crippen molar-refractivity contribution in [2.75, 3.05) is 0 Å². The monoisotopic (exact) mass is 371 g/mol. The van der Waals surface area contributed by atoms with Crippen LogP contribution in [0.1, 0.15) is 26.5 Å². The smallest absolute Gasteiger partial charge is 0.275 e. The maximum atomic E-state index is 7.34. The van der Waals surface area contributed by atoms with Crippen molar-refractivity contribution in [1.29, 1.82) is 0 Å². The summed E-state index contributed by atoms with van der Waals surface area (Å²) >= 11 is 0. The summed E-state index contributed by atoms with van der Waals surface area (Å²) < 4.78 is 3.69. The standard InChI is InChI=1S/C21H21N7/c1-14-7-6-8-15(25-14)19-20(27(13-24-19)12-21(2,3)4)16-9-10-17-23-11-18(22-5)28(17)26-16/h6-11,13H,12H2,1-4H3. The summed E-state index contributed by atoms with van der Waals surface area (Å²) in [4.78, 5) is 17.1. The summed E-state index contributed by atoms with van der Waals surface area (Å²) in [5.74, 6) is 0.383. The first kappa shape index (κ1) is 17.9. The fourth-order valence-corrected chi connectivity index (χ4v) is 3.21. The van der Waals surface area contributed by atoms with Crippen LogP contribution in [-0.2, 0) is 6.54 Å². The highest BCUT2D eigenvalue weighted by Gasteiger charge is 2.22. The van der Waals surface area contributed by atoms with Crippen LogP contribution in [-0.4, -0.2) is 29.1 Å². The number of aryl methyl sites for hydroxylation is 1. The lowest BCUT2D eigenvalue weighted by Crippen LogP contribution is -2.16. The molecular formula is C21H21N7. The quantitative estimate of drug-likeness (QED) is 0.495. The van der Waals surface area contributed by atoms with E-state index in [0.717, 1.165) is 35.0 Å². The predicted molar refractivity (Wildman–Crippen MR) is 108 cm³/mol. The van der Waals surface area contributed by atoms with Gasteiger partial charge >= 0.3 is 0 Å². The van der Waals surface area contributed by atoms with E-state index in [4.69, 9.17) is 11.7 Å². The van der Waals surface area contributed by atoms with Crippen LogP contribution in [0.2, 0.25) is 0 Å². The van der Waals surface area contributed by atoms with Crippen molar-refractivity contribution in [3.8, 4) is 22.8 Å². The Bertz CT molecular complexity index is 1200. The minimum absolute atomic E-state index is 0.0630. The molecule has 7 nitrogen and oxygen atoms in total. The van der Waals surface area contributed by atoms with Crippen LogP contribution in [0.4, 0.5) is 5.82 Å². The zero-order valence-corrected chi connectivity index (χ0v) is 16.4. The Kier molecular flexibility index (Phi) is 4.19.